The van der Waals surface area contributed by atoms with Gasteiger partial charge in [0.2, 0.25) is 0 Å². The SMILES string of the molecule is O=C(O)c1ccc(F)c(NC(=O)c2cnc3ccc(Br)cn23)c1. The number of halogens is 2. The molecule has 2 heterocycles. The third-order valence-corrected chi connectivity index (χ3v) is 3.63. The summed E-state index contributed by atoms with van der Waals surface area (Å²) in [7, 11) is 0. The number of pyridine rings is 1. The number of anilines is 1. The predicted octanol–water partition coefficient (Wildman–Crippen LogP) is 3.19. The van der Waals surface area contributed by atoms with Gasteiger partial charge in [0.15, 0.2) is 0 Å². The van der Waals surface area contributed by atoms with Gasteiger partial charge in [-0.15, -0.1) is 0 Å². The molecule has 0 bridgehead atoms. The topological polar surface area (TPSA) is 83.7 Å². The van der Waals surface area contributed by atoms with Gasteiger partial charge in [-0.3, -0.25) is 9.20 Å². The summed E-state index contributed by atoms with van der Waals surface area (Å²) in [5, 5.41) is 11.3. The van der Waals surface area contributed by atoms with Crippen LogP contribution in [0.5, 0.6) is 0 Å². The third kappa shape index (κ3) is 2.93. The van der Waals surface area contributed by atoms with Gasteiger partial charge in [0.25, 0.3) is 5.91 Å². The molecule has 8 heteroatoms. The zero-order chi connectivity index (χ0) is 16.6. The van der Waals surface area contributed by atoms with Crippen LogP contribution in [0.4, 0.5) is 10.1 Å². The first kappa shape index (κ1) is 15.2. The molecule has 6 nitrogen and oxygen atoms in total. The normalized spacial score (nSPS) is 10.7. The number of carbonyl (C=O) groups is 2. The van der Waals surface area contributed by atoms with Crippen LogP contribution in [-0.2, 0) is 0 Å². The molecule has 0 fully saturated rings. The Balaban J connectivity index is 1.96. The van der Waals surface area contributed by atoms with Crippen LogP contribution in [0.25, 0.3) is 5.65 Å². The Morgan fingerprint density at radius 3 is 2.78 bits per heavy atom. The molecule has 1 aromatic carbocycles. The maximum atomic E-state index is 13.8. The Bertz CT molecular complexity index is 939. The van der Waals surface area contributed by atoms with Crippen LogP contribution in [0.15, 0.2) is 47.2 Å². The average Bonchev–Trinajstić information content (AvgIpc) is 2.92. The van der Waals surface area contributed by atoms with Gasteiger partial charge in [-0.05, 0) is 46.3 Å². The fourth-order valence-electron chi connectivity index (χ4n) is 2.06. The maximum Gasteiger partial charge on any atom is 0.335 e. The van der Waals surface area contributed by atoms with Crippen molar-refractivity contribution in [3.8, 4) is 0 Å². The molecule has 2 aromatic heterocycles. The smallest absolute Gasteiger partial charge is 0.335 e. The van der Waals surface area contributed by atoms with Crippen LogP contribution >= 0.6 is 15.9 Å². The van der Waals surface area contributed by atoms with E-state index in [1.807, 2.05) is 0 Å². The zero-order valence-corrected chi connectivity index (χ0v) is 13.0. The van der Waals surface area contributed by atoms with Crippen LogP contribution in [0.2, 0.25) is 0 Å². The van der Waals surface area contributed by atoms with E-state index in [0.717, 1.165) is 22.7 Å². The molecule has 2 N–H and O–H groups in total. The van der Waals surface area contributed by atoms with Gasteiger partial charge in [-0.25, -0.2) is 14.2 Å². The number of carbonyl (C=O) groups excluding carboxylic acids is 1. The first-order valence-electron chi connectivity index (χ1n) is 6.42. The standard InChI is InChI=1S/C15H9BrFN3O3/c16-9-2-4-13-18-6-12(20(13)7-9)14(21)19-11-5-8(15(22)23)1-3-10(11)17/h1-7H,(H,19,21)(H,22,23). The molecule has 0 aliphatic rings. The van der Waals surface area contributed by atoms with E-state index in [2.05, 4.69) is 26.2 Å². The van der Waals surface area contributed by atoms with Gasteiger partial charge in [-0.1, -0.05) is 0 Å². The van der Waals surface area contributed by atoms with Gasteiger partial charge in [0.05, 0.1) is 17.4 Å². The van der Waals surface area contributed by atoms with Crippen LogP contribution < -0.4 is 5.32 Å². The summed E-state index contributed by atoms with van der Waals surface area (Å²) in [5.41, 5.74) is 0.418. The molecule has 0 aliphatic heterocycles. The van der Waals surface area contributed by atoms with Crippen molar-refractivity contribution in [2.75, 3.05) is 5.32 Å². The first-order chi connectivity index (χ1) is 11.0. The van der Waals surface area contributed by atoms with Crippen molar-refractivity contribution in [2.24, 2.45) is 0 Å². The summed E-state index contributed by atoms with van der Waals surface area (Å²) in [6, 6.07) is 6.67. The largest absolute Gasteiger partial charge is 0.478 e. The van der Waals surface area contributed by atoms with E-state index < -0.39 is 17.7 Å². The number of carboxylic acids is 1. The number of hydrogen-bond acceptors (Lipinski definition) is 3. The molecule has 0 spiro atoms. The van der Waals surface area contributed by atoms with Crippen molar-refractivity contribution >= 4 is 39.1 Å². The van der Waals surface area contributed by atoms with Gasteiger partial charge in [-0.2, -0.15) is 0 Å². The molecule has 3 aromatic rings. The minimum Gasteiger partial charge on any atom is -0.478 e. The molecular formula is C15H9BrFN3O3. The number of carboxylic acid groups (broad SMARTS) is 1. The van der Waals surface area contributed by atoms with Crippen LogP contribution in [-0.4, -0.2) is 26.4 Å². The van der Waals surface area contributed by atoms with Crippen molar-refractivity contribution in [3.05, 3.63) is 64.3 Å². The van der Waals surface area contributed by atoms with E-state index in [9.17, 15) is 14.0 Å². The van der Waals surface area contributed by atoms with Gasteiger partial charge in [0.1, 0.15) is 17.2 Å². The summed E-state index contributed by atoms with van der Waals surface area (Å²) < 4.78 is 16.1. The molecule has 0 radical (unpaired) electrons. The molecule has 0 atom stereocenters. The molecule has 1 amide bonds. The number of nitrogens with zero attached hydrogens (tertiary/aromatic N) is 2. The number of fused-ring (bicyclic) bond motifs is 1. The maximum absolute atomic E-state index is 13.8. The second kappa shape index (κ2) is 5.81. The predicted molar refractivity (Wildman–Crippen MR) is 84.2 cm³/mol. The fourth-order valence-corrected chi connectivity index (χ4v) is 2.40. The van der Waals surface area contributed by atoms with Crippen molar-refractivity contribution in [2.45, 2.75) is 0 Å². The first-order valence-corrected chi connectivity index (χ1v) is 7.22. The summed E-state index contributed by atoms with van der Waals surface area (Å²) in [6.45, 7) is 0. The summed E-state index contributed by atoms with van der Waals surface area (Å²) in [4.78, 5) is 27.4. The lowest BCUT2D eigenvalue weighted by Crippen LogP contribution is -2.15. The number of rotatable bonds is 3. The molecular weight excluding hydrogens is 369 g/mol. The highest BCUT2D eigenvalue weighted by Crippen LogP contribution is 2.19. The molecule has 23 heavy (non-hydrogen) atoms. The molecule has 0 aliphatic carbocycles. The Morgan fingerprint density at radius 2 is 2.04 bits per heavy atom. The van der Waals surface area contributed by atoms with Gasteiger partial charge < -0.3 is 10.4 Å². The second-order valence-electron chi connectivity index (χ2n) is 4.67. The third-order valence-electron chi connectivity index (χ3n) is 3.16. The number of benzene rings is 1. The van der Waals surface area contributed by atoms with Crippen molar-refractivity contribution < 1.29 is 19.1 Å². The lowest BCUT2D eigenvalue weighted by atomic mass is 10.2. The van der Waals surface area contributed by atoms with E-state index >= 15 is 0 Å². The fraction of sp³-hybridized carbons (Fsp3) is 0. The van der Waals surface area contributed by atoms with Gasteiger partial charge in [0, 0.05) is 10.7 Å². The lowest BCUT2D eigenvalue weighted by Gasteiger charge is -2.07. The molecule has 116 valence electrons. The van der Waals surface area contributed by atoms with E-state index in [1.165, 1.54) is 6.20 Å². The number of aromatic carboxylic acids is 1. The Morgan fingerprint density at radius 1 is 1.26 bits per heavy atom. The number of imidazole rings is 1. The lowest BCUT2D eigenvalue weighted by molar-refractivity contribution is 0.0696. The number of nitrogens with one attached hydrogen (secondary N) is 1. The Labute approximate surface area is 137 Å². The monoisotopic (exact) mass is 377 g/mol. The van der Waals surface area contributed by atoms with Crippen molar-refractivity contribution in [1.29, 1.82) is 0 Å². The van der Waals surface area contributed by atoms with Gasteiger partial charge >= 0.3 is 5.97 Å². The molecule has 3 rings (SSSR count). The quantitative estimate of drug-likeness (QED) is 0.733. The average molecular weight is 378 g/mol. The summed E-state index contributed by atoms with van der Waals surface area (Å²) in [5.74, 6) is -2.53. The summed E-state index contributed by atoms with van der Waals surface area (Å²) in [6.07, 6.45) is 3.01. The molecule has 0 saturated heterocycles. The van der Waals surface area contributed by atoms with E-state index in [0.29, 0.717) is 5.65 Å². The highest BCUT2D eigenvalue weighted by atomic mass is 79.9. The van der Waals surface area contributed by atoms with E-state index in [-0.39, 0.29) is 16.9 Å². The summed E-state index contributed by atoms with van der Waals surface area (Å²) >= 11 is 3.30. The number of amides is 1. The van der Waals surface area contributed by atoms with Crippen LogP contribution in [0, 0.1) is 5.82 Å². The minimum atomic E-state index is -1.21. The van der Waals surface area contributed by atoms with Crippen molar-refractivity contribution in [1.82, 2.24) is 9.38 Å². The van der Waals surface area contributed by atoms with E-state index in [4.69, 9.17) is 5.11 Å². The second-order valence-corrected chi connectivity index (χ2v) is 5.59. The minimum absolute atomic E-state index is 0.123. The Kier molecular flexibility index (Phi) is 3.83. The van der Waals surface area contributed by atoms with E-state index in [1.54, 1.807) is 22.7 Å². The van der Waals surface area contributed by atoms with Crippen molar-refractivity contribution in [3.63, 3.8) is 0 Å². The highest BCUT2D eigenvalue weighted by molar-refractivity contribution is 9.10. The molecule has 0 unspecified atom stereocenters. The highest BCUT2D eigenvalue weighted by Gasteiger charge is 2.16. The molecule has 0 saturated carbocycles. The number of hydrogen-bond donors (Lipinski definition) is 2. The number of aromatic nitrogens is 2. The Hall–Kier alpha value is -2.74. The van der Waals surface area contributed by atoms with Crippen LogP contribution in [0.3, 0.4) is 0 Å². The van der Waals surface area contributed by atoms with Crippen LogP contribution in [0.1, 0.15) is 20.8 Å². The zero-order valence-electron chi connectivity index (χ0n) is 11.5.